The Morgan fingerprint density at radius 1 is 1.19 bits per heavy atom. The zero-order valence-corrected chi connectivity index (χ0v) is 12.1. The van der Waals surface area contributed by atoms with Gasteiger partial charge in [0.2, 0.25) is 0 Å². The molecule has 0 bridgehead atoms. The van der Waals surface area contributed by atoms with Gasteiger partial charge in [-0.15, -0.1) is 0 Å². The van der Waals surface area contributed by atoms with Crippen molar-refractivity contribution < 1.29 is 9.53 Å². The van der Waals surface area contributed by atoms with Crippen LogP contribution in [0.5, 0.6) is 0 Å². The molecule has 1 N–H and O–H groups in total. The average Bonchev–Trinajstić information content (AvgIpc) is 2.91. The van der Waals surface area contributed by atoms with Crippen molar-refractivity contribution >= 4 is 28.5 Å². The molecule has 0 aliphatic rings. The van der Waals surface area contributed by atoms with Crippen molar-refractivity contribution in [2.75, 3.05) is 0 Å². The molecule has 0 amide bonds. The van der Waals surface area contributed by atoms with Gasteiger partial charge in [-0.3, -0.25) is 5.10 Å². The van der Waals surface area contributed by atoms with Crippen LogP contribution in [-0.4, -0.2) is 16.2 Å². The Morgan fingerprint density at radius 2 is 1.90 bits per heavy atom. The van der Waals surface area contributed by atoms with Crippen LogP contribution >= 0.6 is 11.6 Å². The molecule has 0 radical (unpaired) electrons. The predicted octanol–water partition coefficient (Wildman–Crippen LogP) is 4.13. The highest BCUT2D eigenvalue weighted by atomic mass is 35.5. The third-order valence-corrected chi connectivity index (χ3v) is 3.63. The molecule has 4 nitrogen and oxygen atoms in total. The molecule has 0 fully saturated rings. The topological polar surface area (TPSA) is 55.0 Å². The van der Waals surface area contributed by atoms with Gasteiger partial charge in [0.15, 0.2) is 5.69 Å². The number of nitrogens with zero attached hydrogens (tertiary/aromatic N) is 1. The Morgan fingerprint density at radius 3 is 2.71 bits per heavy atom. The van der Waals surface area contributed by atoms with Gasteiger partial charge in [-0.25, -0.2) is 4.79 Å². The highest BCUT2D eigenvalue weighted by Crippen LogP contribution is 2.26. The molecule has 3 rings (SSSR count). The number of esters is 1. The summed E-state index contributed by atoms with van der Waals surface area (Å²) in [7, 11) is 0. The van der Waals surface area contributed by atoms with Crippen LogP contribution in [0.3, 0.4) is 0 Å². The number of nitrogens with one attached hydrogen (secondary N) is 1. The number of hydrogen-bond donors (Lipinski definition) is 1. The summed E-state index contributed by atoms with van der Waals surface area (Å²) in [5.74, 6) is -0.472. The minimum Gasteiger partial charge on any atom is -0.453 e. The molecule has 1 aromatic heterocycles. The molecule has 5 heteroatoms. The first-order valence-electron chi connectivity index (χ1n) is 6.55. The van der Waals surface area contributed by atoms with E-state index in [-0.39, 0.29) is 5.69 Å². The van der Waals surface area contributed by atoms with Gasteiger partial charge in [0, 0.05) is 16.0 Å². The molecule has 0 saturated heterocycles. The van der Waals surface area contributed by atoms with Crippen LogP contribution in [0, 0.1) is 0 Å². The van der Waals surface area contributed by atoms with Crippen LogP contribution in [0.25, 0.3) is 10.9 Å². The lowest BCUT2D eigenvalue weighted by Gasteiger charge is -2.14. The Kier molecular flexibility index (Phi) is 3.62. The number of H-pyrrole nitrogens is 1. The molecule has 1 heterocycles. The Labute approximate surface area is 126 Å². The SMILES string of the molecule is C[C@@H](OC(=O)c1n[nH]c2ccccc12)c1ccccc1Cl. The summed E-state index contributed by atoms with van der Waals surface area (Å²) in [5.41, 5.74) is 1.85. The third kappa shape index (κ3) is 2.62. The Bertz CT molecular complexity index is 798. The van der Waals surface area contributed by atoms with E-state index in [1.165, 1.54) is 0 Å². The fourth-order valence-corrected chi connectivity index (χ4v) is 2.49. The number of carbonyl (C=O) groups is 1. The second-order valence-corrected chi connectivity index (χ2v) is 5.09. The normalized spacial score (nSPS) is 12.3. The summed E-state index contributed by atoms with van der Waals surface area (Å²) in [6, 6.07) is 14.7. The van der Waals surface area contributed by atoms with Crippen molar-refractivity contribution in [3.8, 4) is 0 Å². The number of para-hydroxylation sites is 1. The van der Waals surface area contributed by atoms with Gasteiger partial charge in [-0.05, 0) is 19.1 Å². The van der Waals surface area contributed by atoms with E-state index in [1.54, 1.807) is 13.0 Å². The van der Waals surface area contributed by atoms with Crippen molar-refractivity contribution in [1.29, 1.82) is 0 Å². The van der Waals surface area contributed by atoms with Crippen molar-refractivity contribution in [3.05, 3.63) is 64.8 Å². The summed E-state index contributed by atoms with van der Waals surface area (Å²) in [6.07, 6.45) is -0.443. The first kappa shape index (κ1) is 13.6. The van der Waals surface area contributed by atoms with Gasteiger partial charge in [-0.1, -0.05) is 48.0 Å². The minimum atomic E-state index is -0.472. The minimum absolute atomic E-state index is 0.282. The van der Waals surface area contributed by atoms with E-state index in [0.29, 0.717) is 5.02 Å². The number of carbonyl (C=O) groups excluding carboxylic acids is 1. The van der Waals surface area contributed by atoms with Gasteiger partial charge in [-0.2, -0.15) is 5.10 Å². The monoisotopic (exact) mass is 300 g/mol. The molecule has 1 atom stereocenters. The molecular formula is C16H13ClN2O2. The van der Waals surface area contributed by atoms with Crippen LogP contribution < -0.4 is 0 Å². The van der Waals surface area contributed by atoms with E-state index < -0.39 is 12.1 Å². The molecule has 2 aromatic carbocycles. The third-order valence-electron chi connectivity index (χ3n) is 3.29. The first-order chi connectivity index (χ1) is 10.2. The number of benzene rings is 2. The van der Waals surface area contributed by atoms with Gasteiger partial charge in [0.05, 0.1) is 5.52 Å². The smallest absolute Gasteiger partial charge is 0.360 e. The zero-order valence-electron chi connectivity index (χ0n) is 11.3. The molecule has 0 saturated carbocycles. The van der Waals surface area contributed by atoms with E-state index in [2.05, 4.69) is 10.2 Å². The van der Waals surface area contributed by atoms with E-state index in [0.717, 1.165) is 16.5 Å². The summed E-state index contributed by atoms with van der Waals surface area (Å²) in [6.45, 7) is 1.79. The molecule has 0 aliphatic heterocycles. The standard InChI is InChI=1S/C16H13ClN2O2/c1-10(11-6-2-4-8-13(11)17)21-16(20)15-12-7-3-5-9-14(12)18-19-15/h2-10H,1H3,(H,18,19)/t10-/m1/s1. The fraction of sp³-hybridized carbons (Fsp3) is 0.125. The number of aromatic amines is 1. The second kappa shape index (κ2) is 5.58. The first-order valence-corrected chi connectivity index (χ1v) is 6.93. The molecule has 0 unspecified atom stereocenters. The van der Waals surface area contributed by atoms with Crippen molar-refractivity contribution in [2.45, 2.75) is 13.0 Å². The van der Waals surface area contributed by atoms with Crippen molar-refractivity contribution in [1.82, 2.24) is 10.2 Å². The number of hydrogen-bond acceptors (Lipinski definition) is 3. The second-order valence-electron chi connectivity index (χ2n) is 4.69. The number of halogens is 1. The molecule has 106 valence electrons. The van der Waals surface area contributed by atoms with Gasteiger partial charge in [0.25, 0.3) is 0 Å². The van der Waals surface area contributed by atoms with Crippen LogP contribution in [0.1, 0.15) is 29.1 Å². The summed E-state index contributed by atoms with van der Waals surface area (Å²) in [4.78, 5) is 12.3. The largest absolute Gasteiger partial charge is 0.453 e. The molecular weight excluding hydrogens is 288 g/mol. The van der Waals surface area contributed by atoms with E-state index >= 15 is 0 Å². The summed E-state index contributed by atoms with van der Waals surface area (Å²) < 4.78 is 5.46. The molecule has 3 aromatic rings. The number of ether oxygens (including phenoxy) is 1. The van der Waals surface area contributed by atoms with Crippen LogP contribution in [0.15, 0.2) is 48.5 Å². The van der Waals surface area contributed by atoms with Gasteiger partial charge in [0.1, 0.15) is 6.10 Å². The lowest BCUT2D eigenvalue weighted by atomic mass is 10.1. The Hall–Kier alpha value is -2.33. The number of aromatic nitrogens is 2. The van der Waals surface area contributed by atoms with Gasteiger partial charge >= 0.3 is 5.97 Å². The maximum Gasteiger partial charge on any atom is 0.360 e. The number of rotatable bonds is 3. The summed E-state index contributed by atoms with van der Waals surface area (Å²) in [5, 5.41) is 8.17. The molecule has 0 aliphatic carbocycles. The van der Waals surface area contributed by atoms with E-state index in [1.807, 2.05) is 42.5 Å². The average molecular weight is 301 g/mol. The van der Waals surface area contributed by atoms with E-state index in [4.69, 9.17) is 16.3 Å². The van der Waals surface area contributed by atoms with Crippen LogP contribution in [0.2, 0.25) is 5.02 Å². The highest BCUT2D eigenvalue weighted by molar-refractivity contribution is 6.31. The maximum absolute atomic E-state index is 12.3. The zero-order chi connectivity index (χ0) is 14.8. The highest BCUT2D eigenvalue weighted by Gasteiger charge is 2.19. The maximum atomic E-state index is 12.3. The van der Waals surface area contributed by atoms with Crippen LogP contribution in [0.4, 0.5) is 0 Å². The summed E-state index contributed by atoms with van der Waals surface area (Å²) >= 11 is 6.11. The number of fused-ring (bicyclic) bond motifs is 1. The van der Waals surface area contributed by atoms with E-state index in [9.17, 15) is 4.79 Å². The van der Waals surface area contributed by atoms with Crippen molar-refractivity contribution in [2.24, 2.45) is 0 Å². The Balaban J connectivity index is 1.85. The lowest BCUT2D eigenvalue weighted by molar-refractivity contribution is 0.0333. The van der Waals surface area contributed by atoms with Gasteiger partial charge < -0.3 is 4.74 Å². The van der Waals surface area contributed by atoms with Crippen molar-refractivity contribution in [3.63, 3.8) is 0 Å². The quantitative estimate of drug-likeness (QED) is 0.740. The lowest BCUT2D eigenvalue weighted by Crippen LogP contribution is -2.10. The predicted molar refractivity (Wildman–Crippen MR) is 81.4 cm³/mol. The molecule has 21 heavy (non-hydrogen) atoms. The fourth-order valence-electron chi connectivity index (χ4n) is 2.20. The van der Waals surface area contributed by atoms with Crippen LogP contribution in [-0.2, 0) is 4.74 Å². The molecule has 0 spiro atoms.